The number of anilines is 2. The monoisotopic (exact) mass is 1370 g/mol. The molecule has 0 bridgehead atoms. The second kappa shape index (κ2) is 34.7. The van der Waals surface area contributed by atoms with Gasteiger partial charge in [-0.3, -0.25) is 19.3 Å². The molecule has 4 amide bonds. The molecule has 2 saturated carbocycles. The van der Waals surface area contributed by atoms with E-state index in [1.165, 1.54) is 69.7 Å². The molecule has 2 heterocycles. The zero-order valence-corrected chi connectivity index (χ0v) is 59.3. The third-order valence-corrected chi connectivity index (χ3v) is 17.9. The molecule has 3 aromatic rings. The number of hydrogen-bond acceptors (Lipinski definition) is 19. The molecular formula is C73H102F2N6O17. The van der Waals surface area contributed by atoms with E-state index in [0.717, 1.165) is 43.8 Å². The quantitative estimate of drug-likeness (QED) is 0.0409. The smallest absolute Gasteiger partial charge is 0.410 e. The van der Waals surface area contributed by atoms with Crippen molar-refractivity contribution in [1.82, 2.24) is 19.6 Å². The van der Waals surface area contributed by atoms with Gasteiger partial charge in [0.05, 0.1) is 26.4 Å². The predicted octanol–water partition coefficient (Wildman–Crippen LogP) is 8.56. The summed E-state index contributed by atoms with van der Waals surface area (Å²) < 4.78 is 77.6. The van der Waals surface area contributed by atoms with Gasteiger partial charge in [0.1, 0.15) is 47.7 Å². The van der Waals surface area contributed by atoms with Gasteiger partial charge in [-0.2, -0.15) is 0 Å². The maximum atomic E-state index is 16.2. The minimum Gasteiger partial charge on any atom is -0.458 e. The number of halogens is 2. The van der Waals surface area contributed by atoms with Crippen molar-refractivity contribution in [2.75, 3.05) is 90.6 Å². The zero-order valence-electron chi connectivity index (χ0n) is 59.3. The fourth-order valence-corrected chi connectivity index (χ4v) is 11.7. The summed E-state index contributed by atoms with van der Waals surface area (Å²) in [4.78, 5) is 138. The molecule has 0 aromatic heterocycles. The largest absolute Gasteiger partial charge is 0.458 e. The van der Waals surface area contributed by atoms with Crippen LogP contribution in [0.3, 0.4) is 0 Å². The molecule has 0 spiro atoms. The summed E-state index contributed by atoms with van der Waals surface area (Å²) in [6.45, 7) is 17.0. The Morgan fingerprint density at radius 3 is 1.34 bits per heavy atom. The van der Waals surface area contributed by atoms with Gasteiger partial charge >= 0.3 is 35.9 Å². The van der Waals surface area contributed by atoms with E-state index in [0.29, 0.717) is 94.5 Å². The van der Waals surface area contributed by atoms with E-state index < -0.39 is 132 Å². The number of benzene rings is 3. The lowest BCUT2D eigenvalue weighted by Gasteiger charge is -2.35. The predicted molar refractivity (Wildman–Crippen MR) is 360 cm³/mol. The van der Waals surface area contributed by atoms with Crippen molar-refractivity contribution in [3.63, 3.8) is 0 Å². The van der Waals surface area contributed by atoms with Gasteiger partial charge in [0, 0.05) is 91.4 Å². The van der Waals surface area contributed by atoms with Crippen LogP contribution in [0.2, 0.25) is 0 Å². The molecule has 2 aliphatic carbocycles. The van der Waals surface area contributed by atoms with Crippen molar-refractivity contribution in [3.8, 4) is 0 Å². The third kappa shape index (κ3) is 23.9. The first kappa shape index (κ1) is 77.4. The van der Waals surface area contributed by atoms with Gasteiger partial charge in [-0.15, -0.1) is 0 Å². The van der Waals surface area contributed by atoms with Crippen LogP contribution in [0.1, 0.15) is 137 Å². The summed E-state index contributed by atoms with van der Waals surface area (Å²) in [5.41, 5.74) is -1.59. The van der Waals surface area contributed by atoms with Crippen molar-refractivity contribution < 1.29 is 89.8 Å². The number of ether oxygens (including phenoxy) is 8. The van der Waals surface area contributed by atoms with E-state index in [1.54, 1.807) is 69.3 Å². The van der Waals surface area contributed by atoms with Crippen molar-refractivity contribution in [2.24, 2.45) is 11.8 Å². The molecule has 540 valence electrons. The van der Waals surface area contributed by atoms with Gasteiger partial charge in [0.15, 0.2) is 24.4 Å². The van der Waals surface area contributed by atoms with Crippen molar-refractivity contribution in [3.05, 3.63) is 95.6 Å². The van der Waals surface area contributed by atoms with Gasteiger partial charge in [-0.25, -0.2) is 37.5 Å². The van der Waals surface area contributed by atoms with Crippen molar-refractivity contribution >= 4 is 65.0 Å². The van der Waals surface area contributed by atoms with E-state index in [4.69, 9.17) is 37.9 Å². The maximum Gasteiger partial charge on any atom is 0.410 e. The van der Waals surface area contributed by atoms with Gasteiger partial charge in [0.25, 0.3) is 17.7 Å². The third-order valence-electron chi connectivity index (χ3n) is 17.9. The molecule has 2 saturated heterocycles. The lowest BCUT2D eigenvalue weighted by Crippen LogP contribution is -2.54. The van der Waals surface area contributed by atoms with Crippen LogP contribution in [-0.4, -0.2) is 220 Å². The highest BCUT2D eigenvalue weighted by Gasteiger charge is 2.45. The van der Waals surface area contributed by atoms with Gasteiger partial charge in [-0.05, 0) is 134 Å². The minimum atomic E-state index is -2.16. The Kier molecular flexibility index (Phi) is 27.4. The number of nitrogens with zero attached hydrogens (tertiary/aromatic N) is 6. The average Bonchev–Trinajstić information content (AvgIpc) is 0.996. The summed E-state index contributed by atoms with van der Waals surface area (Å²) in [5, 5.41) is 0. The Morgan fingerprint density at radius 2 is 0.898 bits per heavy atom. The molecule has 0 N–H and O–H groups in total. The Morgan fingerprint density at radius 1 is 0.490 bits per heavy atom. The minimum absolute atomic E-state index is 0.0520. The lowest BCUT2D eigenvalue weighted by atomic mass is 9.99. The van der Waals surface area contributed by atoms with Crippen LogP contribution in [0, 0.1) is 11.8 Å². The van der Waals surface area contributed by atoms with Crippen LogP contribution in [0.25, 0.3) is 0 Å². The topological polar surface area (TPSA) is 247 Å². The van der Waals surface area contributed by atoms with E-state index in [-0.39, 0.29) is 38.2 Å². The Labute approximate surface area is 575 Å². The number of carbonyl (C=O) groups excluding carboxylic acids is 9. The summed E-state index contributed by atoms with van der Waals surface area (Å²) in [7, 11) is 5.17. The number of rotatable bonds is 33. The molecule has 4 fully saturated rings. The number of alkyl halides is 2. The van der Waals surface area contributed by atoms with E-state index >= 15 is 18.4 Å². The van der Waals surface area contributed by atoms with Crippen molar-refractivity contribution in [1.29, 1.82) is 0 Å². The number of esters is 5. The summed E-state index contributed by atoms with van der Waals surface area (Å²) in [6.07, 6.45) is -5.02. The molecule has 4 aliphatic rings. The highest BCUT2D eigenvalue weighted by atomic mass is 19.1. The molecule has 3 aromatic carbocycles. The Hall–Kier alpha value is -7.93. The molecule has 23 nitrogen and oxygen atoms in total. The highest BCUT2D eigenvalue weighted by molar-refractivity contribution is 5.93. The van der Waals surface area contributed by atoms with Crippen LogP contribution in [-0.2, 0) is 95.7 Å². The summed E-state index contributed by atoms with van der Waals surface area (Å²) in [5.74, 6) is -7.49. The van der Waals surface area contributed by atoms with Crippen LogP contribution in [0.5, 0.6) is 0 Å². The molecular weight excluding hydrogens is 1270 g/mol. The standard InChI is InChI=1S/C73H102F2N6O17/c1-47(94-67(87)57(41-50-21-22-50)77(11)64(84)61(43-52-25-30-55(31-26-52)81-35-39-92-40-36-81)97-69(89)59(45-73(8,9)75)79(13)70(90)98-71(3,4)5)62(82)78(12)58(44-72(6,7)74)68(88)96-60(42-51-23-28-54(29-24-51)80-33-37-91-38-34-80)63(83)76(10)56(32-27-49-19-20-49)66(86)95-48(2)65(85)93-46-53-17-15-14-16-18-53/h14-18,23-26,28-31,47-50,56-61H,19-22,27,32-46H2,1-13H3/t47-,48-,56+,57+,58+,59+,60-,61-/m1/s1. The van der Waals surface area contributed by atoms with E-state index in [2.05, 4.69) is 9.80 Å². The molecule has 8 atom stereocenters. The molecule has 0 radical (unpaired) electrons. The first-order valence-electron chi connectivity index (χ1n) is 34.1. The Bertz CT molecular complexity index is 3170. The number of hydrogen-bond donors (Lipinski definition) is 0. The van der Waals surface area contributed by atoms with Crippen LogP contribution in [0.15, 0.2) is 78.9 Å². The summed E-state index contributed by atoms with van der Waals surface area (Å²) >= 11 is 0. The molecule has 2 aliphatic heterocycles. The SMILES string of the molecule is C[C@@H](OC(=O)[C@H](CCC1CC1)N(C)C(=O)[C@@H](Cc1ccc(N2CCOCC2)cc1)OC(=O)[C@H](CC(C)(C)F)N(C)C(=O)[C@@H](C)OC(=O)[C@H](CC1CC1)N(C)C(=O)[C@@H](Cc1ccc(N2CCOCC2)cc1)OC(=O)[C@H](CC(C)(C)F)N(C)C(=O)OC(C)(C)C)C(=O)OCc1ccccc1. The lowest BCUT2D eigenvalue weighted by molar-refractivity contribution is -0.176. The second-order valence-electron chi connectivity index (χ2n) is 28.6. The fraction of sp³-hybridized carbons (Fsp3) is 0.630. The number of likely N-dealkylation sites (N-methyl/N-ethyl adjacent to an activating group) is 4. The van der Waals surface area contributed by atoms with Crippen LogP contribution in [0.4, 0.5) is 25.0 Å². The number of carbonyl (C=O) groups is 9. The van der Waals surface area contributed by atoms with Gasteiger partial charge < -0.3 is 62.4 Å². The average molecular weight is 1370 g/mol. The van der Waals surface area contributed by atoms with Gasteiger partial charge in [-0.1, -0.05) is 80.3 Å². The van der Waals surface area contributed by atoms with E-state index in [9.17, 15) is 33.6 Å². The summed E-state index contributed by atoms with van der Waals surface area (Å²) in [6, 6.07) is 17.5. The highest BCUT2D eigenvalue weighted by Crippen LogP contribution is 2.37. The van der Waals surface area contributed by atoms with E-state index in [1.807, 2.05) is 30.3 Å². The zero-order chi connectivity index (χ0) is 71.8. The van der Waals surface area contributed by atoms with Crippen LogP contribution >= 0.6 is 0 Å². The number of morpholine rings is 2. The van der Waals surface area contributed by atoms with Crippen molar-refractivity contribution in [2.45, 2.75) is 205 Å². The van der Waals surface area contributed by atoms with Crippen LogP contribution < -0.4 is 9.80 Å². The normalized spacial score (nSPS) is 17.6. The molecule has 25 heteroatoms. The Balaban J connectivity index is 1.12. The molecule has 0 unspecified atom stereocenters. The molecule has 98 heavy (non-hydrogen) atoms. The van der Waals surface area contributed by atoms with Gasteiger partial charge in [0.2, 0.25) is 0 Å². The first-order chi connectivity index (χ1) is 46.1. The fourth-order valence-electron chi connectivity index (χ4n) is 11.7. The second-order valence-corrected chi connectivity index (χ2v) is 28.6. The maximum absolute atomic E-state index is 16.2. The number of amides is 4. The first-order valence-corrected chi connectivity index (χ1v) is 34.1. The molecule has 7 rings (SSSR count).